The molecule has 0 saturated heterocycles. The standard InChI is InChI=1S/C22H21NO3.ClH/c1-25-22-18(13-15-7-3-2-4-8-15)21(24)17-14-16(10-11-20(17)26-22)19-9-5-6-12-23-19;/h2-12,14,18,21-22,24H,13H2,1H3;1H. The number of halogens is 1. The quantitative estimate of drug-likeness (QED) is 0.724. The lowest BCUT2D eigenvalue weighted by atomic mass is 9.86. The Morgan fingerprint density at radius 3 is 2.52 bits per heavy atom. The van der Waals surface area contributed by atoms with Crippen molar-refractivity contribution in [3.05, 3.63) is 84.1 Å². The average Bonchev–Trinajstić information content (AvgIpc) is 2.71. The fourth-order valence-electron chi connectivity index (χ4n) is 3.49. The summed E-state index contributed by atoms with van der Waals surface area (Å²) >= 11 is 0. The van der Waals surface area contributed by atoms with Crippen LogP contribution in [0, 0.1) is 5.92 Å². The molecular formula is C22H22ClNO3. The van der Waals surface area contributed by atoms with Gasteiger partial charge < -0.3 is 14.6 Å². The van der Waals surface area contributed by atoms with Crippen LogP contribution in [-0.2, 0) is 11.2 Å². The number of hydrogen-bond donors (Lipinski definition) is 1. The molecule has 0 saturated carbocycles. The largest absolute Gasteiger partial charge is 0.464 e. The fourth-order valence-corrected chi connectivity index (χ4v) is 3.49. The first-order valence-electron chi connectivity index (χ1n) is 8.73. The van der Waals surface area contributed by atoms with Crippen LogP contribution in [0.25, 0.3) is 11.3 Å². The molecule has 5 heteroatoms. The van der Waals surface area contributed by atoms with Gasteiger partial charge in [0.05, 0.1) is 17.7 Å². The summed E-state index contributed by atoms with van der Waals surface area (Å²) in [5.41, 5.74) is 3.76. The second-order valence-electron chi connectivity index (χ2n) is 6.49. The van der Waals surface area contributed by atoms with E-state index in [9.17, 15) is 5.11 Å². The van der Waals surface area contributed by atoms with Crippen LogP contribution in [0.5, 0.6) is 5.75 Å². The van der Waals surface area contributed by atoms with Crippen LogP contribution in [0.15, 0.2) is 72.9 Å². The van der Waals surface area contributed by atoms with Crippen LogP contribution in [-0.4, -0.2) is 23.5 Å². The van der Waals surface area contributed by atoms with Gasteiger partial charge in [0.15, 0.2) is 0 Å². The zero-order valence-electron chi connectivity index (χ0n) is 15.0. The third-order valence-corrected chi connectivity index (χ3v) is 4.83. The number of ether oxygens (including phenoxy) is 2. The van der Waals surface area contributed by atoms with Gasteiger partial charge in [-0.3, -0.25) is 4.98 Å². The monoisotopic (exact) mass is 383 g/mol. The number of fused-ring (bicyclic) bond motifs is 1. The molecule has 0 spiro atoms. The van der Waals surface area contributed by atoms with E-state index in [1.165, 1.54) is 0 Å². The number of pyridine rings is 1. The van der Waals surface area contributed by atoms with Gasteiger partial charge in [0, 0.05) is 24.4 Å². The van der Waals surface area contributed by atoms with Crippen LogP contribution in [0.1, 0.15) is 17.2 Å². The molecular weight excluding hydrogens is 362 g/mol. The molecule has 27 heavy (non-hydrogen) atoms. The van der Waals surface area contributed by atoms with Crippen molar-refractivity contribution >= 4 is 12.4 Å². The highest BCUT2D eigenvalue weighted by molar-refractivity contribution is 5.85. The smallest absolute Gasteiger partial charge is 0.205 e. The maximum atomic E-state index is 11.1. The highest BCUT2D eigenvalue weighted by Gasteiger charge is 2.37. The van der Waals surface area contributed by atoms with Crippen molar-refractivity contribution in [2.24, 2.45) is 5.92 Å². The van der Waals surface area contributed by atoms with Gasteiger partial charge in [0.25, 0.3) is 0 Å². The van der Waals surface area contributed by atoms with Gasteiger partial charge in [-0.2, -0.15) is 0 Å². The molecule has 1 N–H and O–H groups in total. The van der Waals surface area contributed by atoms with Crippen LogP contribution < -0.4 is 4.74 Å². The third kappa shape index (κ3) is 3.98. The van der Waals surface area contributed by atoms with E-state index in [-0.39, 0.29) is 18.3 Å². The minimum absolute atomic E-state index is 0. The Labute approximate surface area is 165 Å². The van der Waals surface area contributed by atoms with Gasteiger partial charge in [0.2, 0.25) is 6.29 Å². The molecule has 2 heterocycles. The van der Waals surface area contributed by atoms with Gasteiger partial charge in [-0.1, -0.05) is 36.4 Å². The third-order valence-electron chi connectivity index (χ3n) is 4.83. The van der Waals surface area contributed by atoms with Crippen molar-refractivity contribution in [1.82, 2.24) is 4.98 Å². The van der Waals surface area contributed by atoms with Crippen LogP contribution >= 0.6 is 12.4 Å². The van der Waals surface area contributed by atoms with Crippen molar-refractivity contribution in [2.75, 3.05) is 7.11 Å². The number of hydrogen-bond acceptors (Lipinski definition) is 4. The van der Waals surface area contributed by atoms with E-state index in [2.05, 4.69) is 17.1 Å². The Hall–Kier alpha value is -2.40. The molecule has 1 aromatic heterocycles. The molecule has 3 aromatic rings. The molecule has 0 bridgehead atoms. The zero-order chi connectivity index (χ0) is 17.9. The summed E-state index contributed by atoms with van der Waals surface area (Å²) in [6.45, 7) is 0. The molecule has 1 aliphatic rings. The number of methoxy groups -OCH3 is 1. The molecule has 3 atom stereocenters. The first-order chi connectivity index (χ1) is 12.8. The topological polar surface area (TPSA) is 51.6 Å². The highest BCUT2D eigenvalue weighted by Crippen LogP contribution is 2.41. The van der Waals surface area contributed by atoms with E-state index < -0.39 is 12.4 Å². The Bertz CT molecular complexity index is 873. The van der Waals surface area contributed by atoms with E-state index in [0.29, 0.717) is 12.2 Å². The molecule has 0 aliphatic carbocycles. The predicted octanol–water partition coefficient (Wildman–Crippen LogP) is 4.43. The van der Waals surface area contributed by atoms with Crippen molar-refractivity contribution in [1.29, 1.82) is 0 Å². The first kappa shape index (κ1) is 19.4. The Kier molecular flexibility index (Phi) is 6.11. The maximum Gasteiger partial charge on any atom is 0.205 e. The van der Waals surface area contributed by atoms with Gasteiger partial charge >= 0.3 is 0 Å². The minimum Gasteiger partial charge on any atom is -0.464 e. The summed E-state index contributed by atoms with van der Waals surface area (Å²) in [6, 6.07) is 21.7. The minimum atomic E-state index is -0.674. The summed E-state index contributed by atoms with van der Waals surface area (Å²) in [5, 5.41) is 11.1. The lowest BCUT2D eigenvalue weighted by molar-refractivity contribution is -0.139. The van der Waals surface area contributed by atoms with E-state index in [0.717, 1.165) is 22.4 Å². The Morgan fingerprint density at radius 2 is 1.81 bits per heavy atom. The van der Waals surface area contributed by atoms with E-state index >= 15 is 0 Å². The molecule has 0 radical (unpaired) electrons. The van der Waals surface area contributed by atoms with Crippen LogP contribution in [0.3, 0.4) is 0 Å². The summed E-state index contributed by atoms with van der Waals surface area (Å²) in [4.78, 5) is 4.39. The van der Waals surface area contributed by atoms with Crippen LogP contribution in [0.4, 0.5) is 0 Å². The van der Waals surface area contributed by atoms with E-state index in [4.69, 9.17) is 9.47 Å². The highest BCUT2D eigenvalue weighted by atomic mass is 35.5. The second kappa shape index (κ2) is 8.53. The summed E-state index contributed by atoms with van der Waals surface area (Å²) in [6.07, 6.45) is 1.28. The molecule has 0 amide bonds. The summed E-state index contributed by atoms with van der Waals surface area (Å²) in [5.74, 6) is 0.474. The number of benzene rings is 2. The lowest BCUT2D eigenvalue weighted by Gasteiger charge is -2.36. The van der Waals surface area contributed by atoms with Crippen molar-refractivity contribution < 1.29 is 14.6 Å². The predicted molar refractivity (Wildman–Crippen MR) is 107 cm³/mol. The molecule has 4 rings (SSSR count). The summed E-state index contributed by atoms with van der Waals surface area (Å²) in [7, 11) is 1.61. The molecule has 4 nitrogen and oxygen atoms in total. The van der Waals surface area contributed by atoms with Gasteiger partial charge in [-0.15, -0.1) is 12.4 Å². The molecule has 140 valence electrons. The van der Waals surface area contributed by atoms with Crippen molar-refractivity contribution in [3.8, 4) is 17.0 Å². The van der Waals surface area contributed by atoms with E-state index in [1.807, 2.05) is 54.6 Å². The first-order valence-corrected chi connectivity index (χ1v) is 8.73. The van der Waals surface area contributed by atoms with Gasteiger partial charge in [0.1, 0.15) is 5.75 Å². The normalized spacial score (nSPS) is 20.9. The Balaban J connectivity index is 0.00000210. The van der Waals surface area contributed by atoms with Crippen molar-refractivity contribution in [2.45, 2.75) is 18.8 Å². The Morgan fingerprint density at radius 1 is 1.04 bits per heavy atom. The number of rotatable bonds is 4. The molecule has 1 aliphatic heterocycles. The lowest BCUT2D eigenvalue weighted by Crippen LogP contribution is -2.38. The summed E-state index contributed by atoms with van der Waals surface area (Å²) < 4.78 is 11.5. The second-order valence-corrected chi connectivity index (χ2v) is 6.49. The average molecular weight is 384 g/mol. The zero-order valence-corrected chi connectivity index (χ0v) is 15.8. The SMILES string of the molecule is COC1Oc2ccc(-c3ccccn3)cc2C(O)C1Cc1ccccc1.Cl. The van der Waals surface area contributed by atoms with Gasteiger partial charge in [-0.25, -0.2) is 0 Å². The molecule has 3 unspecified atom stereocenters. The maximum absolute atomic E-state index is 11.1. The van der Waals surface area contributed by atoms with Crippen molar-refractivity contribution in [3.63, 3.8) is 0 Å². The van der Waals surface area contributed by atoms with Gasteiger partial charge in [-0.05, 0) is 42.3 Å². The number of aromatic nitrogens is 1. The number of nitrogens with zero attached hydrogens (tertiary/aromatic N) is 1. The fraction of sp³-hybridized carbons (Fsp3) is 0.227. The number of aliphatic hydroxyl groups excluding tert-OH is 1. The molecule has 0 fully saturated rings. The van der Waals surface area contributed by atoms with Crippen LogP contribution in [0.2, 0.25) is 0 Å². The van der Waals surface area contributed by atoms with E-state index in [1.54, 1.807) is 13.3 Å². The number of aliphatic hydroxyl groups is 1. The molecule has 2 aromatic carbocycles.